The fourth-order valence-corrected chi connectivity index (χ4v) is 2.25. The second-order valence-corrected chi connectivity index (χ2v) is 6.93. The van der Waals surface area contributed by atoms with Crippen LogP contribution in [0.2, 0.25) is 0 Å². The van der Waals surface area contributed by atoms with E-state index in [9.17, 15) is 19.2 Å². The third-order valence-corrected chi connectivity index (χ3v) is 3.78. The summed E-state index contributed by atoms with van der Waals surface area (Å²) in [5.41, 5.74) is 0.327. The Labute approximate surface area is 180 Å². The van der Waals surface area contributed by atoms with Gasteiger partial charge in [0.25, 0.3) is 11.8 Å². The molecule has 0 bridgehead atoms. The first-order valence-electron chi connectivity index (χ1n) is 9.68. The van der Waals surface area contributed by atoms with Crippen molar-refractivity contribution in [1.29, 1.82) is 0 Å². The largest absolute Gasteiger partial charge is 0.457 e. The number of carbonyl (C=O) groups excluding carboxylic acids is 4. The number of hydrogen-bond donors (Lipinski definition) is 3. The van der Waals surface area contributed by atoms with Crippen LogP contribution in [0.4, 0.5) is 4.79 Å². The zero-order chi connectivity index (χ0) is 22.6. The average Bonchev–Trinajstić information content (AvgIpc) is 2.76. The summed E-state index contributed by atoms with van der Waals surface area (Å²) in [5, 5.41) is 6.94. The normalized spacial score (nSPS) is 10.2. The van der Waals surface area contributed by atoms with Gasteiger partial charge in [0.15, 0.2) is 6.61 Å². The van der Waals surface area contributed by atoms with Crippen molar-refractivity contribution in [2.45, 2.75) is 13.8 Å². The van der Waals surface area contributed by atoms with E-state index in [-0.39, 0.29) is 5.92 Å². The summed E-state index contributed by atoms with van der Waals surface area (Å²) >= 11 is 0. The molecule has 0 aromatic heterocycles. The lowest BCUT2D eigenvalue weighted by Crippen LogP contribution is -2.43. The maximum atomic E-state index is 12.1. The first kappa shape index (κ1) is 23.4. The highest BCUT2D eigenvalue weighted by atomic mass is 16.5. The number of benzene rings is 2. The van der Waals surface area contributed by atoms with Crippen molar-refractivity contribution in [3.8, 4) is 11.5 Å². The monoisotopic (exact) mass is 427 g/mol. The zero-order valence-electron chi connectivity index (χ0n) is 17.3. The van der Waals surface area contributed by atoms with E-state index in [0.29, 0.717) is 23.6 Å². The molecule has 0 radical (unpaired) electrons. The average molecular weight is 427 g/mol. The molecular weight excluding hydrogens is 402 g/mol. The number of carbonyl (C=O) groups is 4. The maximum Gasteiger partial charge on any atom is 0.325 e. The SMILES string of the molecule is CC(C)CNC(=O)NC(=O)COC(=O)CNC(=O)c1ccc(Oc2ccccc2)cc1. The summed E-state index contributed by atoms with van der Waals surface area (Å²) in [7, 11) is 0. The summed E-state index contributed by atoms with van der Waals surface area (Å²) < 4.78 is 10.4. The summed E-state index contributed by atoms with van der Waals surface area (Å²) in [4.78, 5) is 46.9. The second kappa shape index (κ2) is 12.0. The van der Waals surface area contributed by atoms with Crippen LogP contribution in [0.15, 0.2) is 54.6 Å². The third kappa shape index (κ3) is 8.99. The van der Waals surface area contributed by atoms with Crippen molar-refractivity contribution in [2.75, 3.05) is 19.7 Å². The first-order valence-corrected chi connectivity index (χ1v) is 9.68. The van der Waals surface area contributed by atoms with Gasteiger partial charge in [0.1, 0.15) is 18.0 Å². The molecule has 0 atom stereocenters. The van der Waals surface area contributed by atoms with Crippen LogP contribution in [0.25, 0.3) is 0 Å². The van der Waals surface area contributed by atoms with Gasteiger partial charge in [-0.2, -0.15) is 0 Å². The van der Waals surface area contributed by atoms with Crippen LogP contribution in [-0.4, -0.2) is 43.5 Å². The van der Waals surface area contributed by atoms with E-state index < -0.39 is 37.0 Å². The number of ether oxygens (including phenoxy) is 2. The molecule has 2 aromatic rings. The highest BCUT2D eigenvalue weighted by Gasteiger charge is 2.13. The number of imide groups is 1. The van der Waals surface area contributed by atoms with E-state index >= 15 is 0 Å². The van der Waals surface area contributed by atoms with E-state index in [0.717, 1.165) is 0 Å². The standard InChI is InChI=1S/C22H25N3O6/c1-15(2)12-24-22(29)25-19(26)14-30-20(27)13-23-21(28)16-8-10-18(11-9-16)31-17-6-4-3-5-7-17/h3-11,15H,12-14H2,1-2H3,(H,23,28)(H2,24,25,26,29). The van der Waals surface area contributed by atoms with E-state index in [4.69, 9.17) is 9.47 Å². The van der Waals surface area contributed by atoms with Gasteiger partial charge in [-0.3, -0.25) is 19.7 Å². The molecule has 2 aromatic carbocycles. The Morgan fingerprint density at radius 3 is 2.16 bits per heavy atom. The fraction of sp³-hybridized carbons (Fsp3) is 0.273. The molecule has 0 fully saturated rings. The smallest absolute Gasteiger partial charge is 0.325 e. The molecular formula is C22H25N3O6. The fourth-order valence-electron chi connectivity index (χ4n) is 2.25. The predicted molar refractivity (Wildman–Crippen MR) is 113 cm³/mol. The van der Waals surface area contributed by atoms with Crippen molar-refractivity contribution in [2.24, 2.45) is 5.92 Å². The minimum atomic E-state index is -0.810. The lowest BCUT2D eigenvalue weighted by atomic mass is 10.2. The van der Waals surface area contributed by atoms with Crippen LogP contribution < -0.4 is 20.7 Å². The first-order chi connectivity index (χ1) is 14.8. The number of rotatable bonds is 9. The highest BCUT2D eigenvalue weighted by molar-refractivity contribution is 5.97. The lowest BCUT2D eigenvalue weighted by Gasteiger charge is -2.09. The molecule has 0 unspecified atom stereocenters. The predicted octanol–water partition coefficient (Wildman–Crippen LogP) is 2.23. The highest BCUT2D eigenvalue weighted by Crippen LogP contribution is 2.21. The van der Waals surface area contributed by atoms with Crippen molar-refractivity contribution in [1.82, 2.24) is 16.0 Å². The van der Waals surface area contributed by atoms with Gasteiger partial charge in [0.05, 0.1) is 0 Å². The van der Waals surface area contributed by atoms with Gasteiger partial charge in [-0.15, -0.1) is 0 Å². The molecule has 0 saturated heterocycles. The van der Waals surface area contributed by atoms with Crippen LogP contribution in [0.5, 0.6) is 11.5 Å². The number of esters is 1. The number of amides is 4. The third-order valence-electron chi connectivity index (χ3n) is 3.78. The van der Waals surface area contributed by atoms with Crippen LogP contribution in [-0.2, 0) is 14.3 Å². The molecule has 3 N–H and O–H groups in total. The minimum absolute atomic E-state index is 0.231. The van der Waals surface area contributed by atoms with Crippen molar-refractivity contribution < 1.29 is 28.7 Å². The Kier molecular flexibility index (Phi) is 9.03. The summed E-state index contributed by atoms with van der Waals surface area (Å²) in [6.07, 6.45) is 0. The zero-order valence-corrected chi connectivity index (χ0v) is 17.3. The molecule has 2 rings (SSSR count). The Hall–Kier alpha value is -3.88. The number of para-hydroxylation sites is 1. The Balaban J connectivity index is 1.69. The van der Waals surface area contributed by atoms with E-state index in [1.807, 2.05) is 49.5 Å². The van der Waals surface area contributed by atoms with Gasteiger partial charge >= 0.3 is 12.0 Å². The number of hydrogen-bond acceptors (Lipinski definition) is 6. The van der Waals surface area contributed by atoms with Gasteiger partial charge in [0.2, 0.25) is 0 Å². The quantitative estimate of drug-likeness (QED) is 0.528. The number of urea groups is 1. The van der Waals surface area contributed by atoms with Crippen LogP contribution in [0.1, 0.15) is 24.2 Å². The van der Waals surface area contributed by atoms with Crippen molar-refractivity contribution >= 4 is 23.8 Å². The van der Waals surface area contributed by atoms with Crippen molar-refractivity contribution in [3.05, 3.63) is 60.2 Å². The molecule has 164 valence electrons. The van der Waals surface area contributed by atoms with Crippen molar-refractivity contribution in [3.63, 3.8) is 0 Å². The van der Waals surface area contributed by atoms with Gasteiger partial charge < -0.3 is 20.1 Å². The van der Waals surface area contributed by atoms with E-state index in [1.54, 1.807) is 24.3 Å². The van der Waals surface area contributed by atoms with Crippen LogP contribution in [0, 0.1) is 5.92 Å². The van der Waals surface area contributed by atoms with Crippen LogP contribution in [0.3, 0.4) is 0 Å². The summed E-state index contributed by atoms with van der Waals surface area (Å²) in [6, 6.07) is 14.9. The lowest BCUT2D eigenvalue weighted by molar-refractivity contribution is -0.147. The van der Waals surface area contributed by atoms with Crippen LogP contribution >= 0.6 is 0 Å². The van der Waals surface area contributed by atoms with Gasteiger partial charge in [0, 0.05) is 12.1 Å². The summed E-state index contributed by atoms with van der Waals surface area (Å²) in [5.74, 6) is -0.602. The molecule has 4 amide bonds. The molecule has 31 heavy (non-hydrogen) atoms. The van der Waals surface area contributed by atoms with Gasteiger partial charge in [-0.1, -0.05) is 32.0 Å². The summed E-state index contributed by atoms with van der Waals surface area (Å²) in [6.45, 7) is 3.17. The van der Waals surface area contributed by atoms with E-state index in [1.165, 1.54) is 0 Å². The van der Waals surface area contributed by atoms with Gasteiger partial charge in [-0.05, 0) is 42.3 Å². The molecule has 9 nitrogen and oxygen atoms in total. The number of nitrogens with one attached hydrogen (secondary N) is 3. The minimum Gasteiger partial charge on any atom is -0.457 e. The Morgan fingerprint density at radius 1 is 0.871 bits per heavy atom. The molecule has 0 heterocycles. The van der Waals surface area contributed by atoms with Gasteiger partial charge in [-0.25, -0.2) is 4.79 Å². The Bertz CT molecular complexity index is 897. The topological polar surface area (TPSA) is 123 Å². The Morgan fingerprint density at radius 2 is 1.52 bits per heavy atom. The van der Waals surface area contributed by atoms with E-state index in [2.05, 4.69) is 10.6 Å². The maximum absolute atomic E-state index is 12.1. The molecule has 0 spiro atoms. The molecule has 0 saturated carbocycles. The molecule has 0 aliphatic carbocycles. The second-order valence-electron chi connectivity index (χ2n) is 6.93. The molecule has 9 heteroatoms. The molecule has 0 aliphatic rings. The molecule has 0 aliphatic heterocycles.